The first-order chi connectivity index (χ1) is 11.8. The number of fused-ring (bicyclic) bond motifs is 1. The molecule has 3 heterocycles. The third-order valence-corrected chi connectivity index (χ3v) is 4.41. The van der Waals surface area contributed by atoms with Gasteiger partial charge in [0, 0.05) is 42.5 Å². The van der Waals surface area contributed by atoms with Gasteiger partial charge in [0.05, 0.1) is 11.7 Å². The van der Waals surface area contributed by atoms with Gasteiger partial charge >= 0.3 is 0 Å². The fourth-order valence-electron chi connectivity index (χ4n) is 3.06. The highest BCUT2D eigenvalue weighted by Crippen LogP contribution is 2.23. The molecule has 4 rings (SSSR count). The third kappa shape index (κ3) is 2.92. The van der Waals surface area contributed by atoms with Crippen molar-refractivity contribution in [3.05, 3.63) is 42.9 Å². The molecule has 1 saturated heterocycles. The average Bonchev–Trinajstić information content (AvgIpc) is 3.10. The van der Waals surface area contributed by atoms with Gasteiger partial charge < -0.3 is 10.2 Å². The van der Waals surface area contributed by atoms with Gasteiger partial charge in [0.2, 0.25) is 11.9 Å². The molecule has 0 atom stereocenters. The van der Waals surface area contributed by atoms with E-state index in [9.17, 15) is 4.79 Å². The number of rotatable bonds is 3. The van der Waals surface area contributed by atoms with Crippen molar-refractivity contribution in [1.82, 2.24) is 20.2 Å². The van der Waals surface area contributed by atoms with Crippen LogP contribution in [0.2, 0.25) is 0 Å². The van der Waals surface area contributed by atoms with Gasteiger partial charge in [-0.05, 0) is 37.1 Å². The molecule has 1 aliphatic heterocycles. The van der Waals surface area contributed by atoms with Crippen molar-refractivity contribution in [1.29, 1.82) is 0 Å². The molecule has 7 heteroatoms. The number of benzene rings is 1. The largest absolute Gasteiger partial charge is 0.341 e. The van der Waals surface area contributed by atoms with E-state index in [-0.39, 0.29) is 11.8 Å². The van der Waals surface area contributed by atoms with E-state index in [2.05, 4.69) is 30.4 Å². The molecule has 1 amide bonds. The maximum Gasteiger partial charge on any atom is 0.227 e. The Balaban J connectivity index is 1.37. The maximum atomic E-state index is 12.5. The first kappa shape index (κ1) is 14.6. The zero-order valence-electron chi connectivity index (χ0n) is 13.1. The molecule has 1 aromatic carbocycles. The van der Waals surface area contributed by atoms with E-state index in [0.29, 0.717) is 0 Å². The normalized spacial score (nSPS) is 15.6. The number of hydrogen-bond donors (Lipinski definition) is 2. The molecule has 2 N–H and O–H groups in total. The summed E-state index contributed by atoms with van der Waals surface area (Å²) in [5.74, 6) is 0.825. The Morgan fingerprint density at radius 2 is 2.00 bits per heavy atom. The van der Waals surface area contributed by atoms with Crippen LogP contribution in [0.4, 0.5) is 11.6 Å². The Labute approximate surface area is 139 Å². The van der Waals surface area contributed by atoms with Crippen LogP contribution in [0.25, 0.3) is 10.9 Å². The Hall–Kier alpha value is -2.96. The van der Waals surface area contributed by atoms with Gasteiger partial charge in [0.1, 0.15) is 0 Å². The van der Waals surface area contributed by atoms with Gasteiger partial charge in [-0.2, -0.15) is 5.10 Å². The van der Waals surface area contributed by atoms with Crippen LogP contribution in [0.15, 0.2) is 42.9 Å². The molecule has 1 fully saturated rings. The molecule has 7 nitrogen and oxygen atoms in total. The minimum atomic E-state index is 0.0161. The molecule has 0 bridgehead atoms. The highest BCUT2D eigenvalue weighted by Gasteiger charge is 2.26. The molecule has 0 saturated carbocycles. The number of carbonyl (C=O) groups is 1. The van der Waals surface area contributed by atoms with Crippen molar-refractivity contribution in [3.8, 4) is 0 Å². The second kappa shape index (κ2) is 6.27. The Morgan fingerprint density at radius 3 is 2.79 bits per heavy atom. The fourth-order valence-corrected chi connectivity index (χ4v) is 3.06. The van der Waals surface area contributed by atoms with Crippen molar-refractivity contribution < 1.29 is 4.79 Å². The third-order valence-electron chi connectivity index (χ3n) is 4.41. The minimum Gasteiger partial charge on any atom is -0.341 e. The molecule has 0 unspecified atom stereocenters. The summed E-state index contributed by atoms with van der Waals surface area (Å²) in [5, 5.41) is 11.0. The van der Waals surface area contributed by atoms with Crippen molar-refractivity contribution in [2.75, 3.05) is 23.3 Å². The maximum absolute atomic E-state index is 12.5. The summed E-state index contributed by atoms with van der Waals surface area (Å²) >= 11 is 0. The molecule has 122 valence electrons. The van der Waals surface area contributed by atoms with Crippen molar-refractivity contribution in [2.45, 2.75) is 12.8 Å². The van der Waals surface area contributed by atoms with E-state index in [4.69, 9.17) is 0 Å². The van der Waals surface area contributed by atoms with Crippen LogP contribution in [-0.4, -0.2) is 39.2 Å². The second-order valence-corrected chi connectivity index (χ2v) is 5.97. The van der Waals surface area contributed by atoms with E-state index in [1.807, 2.05) is 18.2 Å². The van der Waals surface area contributed by atoms with E-state index >= 15 is 0 Å². The van der Waals surface area contributed by atoms with Crippen LogP contribution < -0.4 is 10.2 Å². The predicted molar refractivity (Wildman–Crippen MR) is 91.7 cm³/mol. The number of amides is 1. The Morgan fingerprint density at radius 1 is 1.21 bits per heavy atom. The summed E-state index contributed by atoms with van der Waals surface area (Å²) in [6.07, 6.45) is 6.86. The van der Waals surface area contributed by atoms with Gasteiger partial charge in [0.25, 0.3) is 0 Å². The first-order valence-corrected chi connectivity index (χ1v) is 8.05. The van der Waals surface area contributed by atoms with Crippen molar-refractivity contribution in [3.63, 3.8) is 0 Å². The number of piperidine rings is 1. The smallest absolute Gasteiger partial charge is 0.227 e. The monoisotopic (exact) mass is 322 g/mol. The van der Waals surface area contributed by atoms with Crippen molar-refractivity contribution in [2.24, 2.45) is 5.92 Å². The second-order valence-electron chi connectivity index (χ2n) is 5.97. The summed E-state index contributed by atoms with van der Waals surface area (Å²) in [4.78, 5) is 23.2. The van der Waals surface area contributed by atoms with Gasteiger partial charge in [-0.15, -0.1) is 0 Å². The number of carbonyl (C=O) groups excluding carboxylic acids is 1. The van der Waals surface area contributed by atoms with E-state index in [0.717, 1.165) is 48.5 Å². The quantitative estimate of drug-likeness (QED) is 0.772. The van der Waals surface area contributed by atoms with Gasteiger partial charge in [0.15, 0.2) is 0 Å². The number of anilines is 2. The summed E-state index contributed by atoms with van der Waals surface area (Å²) in [7, 11) is 0. The molecule has 0 aliphatic carbocycles. The highest BCUT2D eigenvalue weighted by atomic mass is 16.1. The molecular formula is C17H18N6O. The number of hydrogen-bond acceptors (Lipinski definition) is 5. The molecule has 2 aromatic heterocycles. The van der Waals surface area contributed by atoms with Crippen molar-refractivity contribution >= 4 is 28.4 Å². The SMILES string of the molecule is O=C(Nc1ccc2cn[nH]c2c1)C1CCN(c2ncccn2)CC1. The number of aromatic nitrogens is 4. The lowest BCUT2D eigenvalue weighted by atomic mass is 9.96. The van der Waals surface area contributed by atoms with E-state index in [1.165, 1.54) is 0 Å². The Kier molecular flexibility index (Phi) is 3.82. The first-order valence-electron chi connectivity index (χ1n) is 8.05. The molecule has 24 heavy (non-hydrogen) atoms. The zero-order valence-corrected chi connectivity index (χ0v) is 13.1. The topological polar surface area (TPSA) is 86.8 Å². The number of H-pyrrole nitrogens is 1. The molecule has 0 radical (unpaired) electrons. The number of nitrogens with one attached hydrogen (secondary N) is 2. The highest BCUT2D eigenvalue weighted by molar-refractivity contribution is 5.94. The molecule has 0 spiro atoms. The van der Waals surface area contributed by atoms with Crippen LogP contribution in [-0.2, 0) is 4.79 Å². The standard InChI is InChI=1S/C17H18N6O/c24-16(21-14-3-2-13-11-20-22-15(13)10-14)12-4-8-23(9-5-12)17-18-6-1-7-19-17/h1-3,6-7,10-12H,4-5,8-9H2,(H,20,22)(H,21,24). The van der Waals surface area contributed by atoms with Crippen LogP contribution >= 0.6 is 0 Å². The van der Waals surface area contributed by atoms with Crippen LogP contribution in [0.5, 0.6) is 0 Å². The number of aromatic amines is 1. The van der Waals surface area contributed by atoms with Gasteiger partial charge in [-0.25, -0.2) is 9.97 Å². The summed E-state index contributed by atoms with van der Waals surface area (Å²) in [6, 6.07) is 7.57. The molecule has 3 aromatic rings. The fraction of sp³-hybridized carbons (Fsp3) is 0.294. The van der Waals surface area contributed by atoms with E-state index in [1.54, 1.807) is 24.7 Å². The molecular weight excluding hydrogens is 304 g/mol. The lowest BCUT2D eigenvalue weighted by Gasteiger charge is -2.31. The average molecular weight is 322 g/mol. The van der Waals surface area contributed by atoms with Crippen LogP contribution in [0.3, 0.4) is 0 Å². The predicted octanol–water partition coefficient (Wildman–Crippen LogP) is 2.21. The van der Waals surface area contributed by atoms with Gasteiger partial charge in [-0.3, -0.25) is 9.89 Å². The van der Waals surface area contributed by atoms with Crippen LogP contribution in [0, 0.1) is 5.92 Å². The summed E-state index contributed by atoms with van der Waals surface area (Å²) < 4.78 is 0. The van der Waals surface area contributed by atoms with Crippen LogP contribution in [0.1, 0.15) is 12.8 Å². The summed E-state index contributed by atoms with van der Waals surface area (Å²) in [6.45, 7) is 1.59. The number of nitrogens with zero attached hydrogens (tertiary/aromatic N) is 4. The summed E-state index contributed by atoms with van der Waals surface area (Å²) in [5.41, 5.74) is 1.72. The van der Waals surface area contributed by atoms with Gasteiger partial charge in [-0.1, -0.05) is 0 Å². The zero-order chi connectivity index (χ0) is 16.4. The molecule has 1 aliphatic rings. The Bertz CT molecular complexity index is 838. The van der Waals surface area contributed by atoms with E-state index < -0.39 is 0 Å². The lowest BCUT2D eigenvalue weighted by Crippen LogP contribution is -2.39. The lowest BCUT2D eigenvalue weighted by molar-refractivity contribution is -0.120. The minimum absolute atomic E-state index is 0.0161.